The fourth-order valence-corrected chi connectivity index (χ4v) is 4.43. The van der Waals surface area contributed by atoms with Crippen LogP contribution in [-0.4, -0.2) is 26.8 Å². The summed E-state index contributed by atoms with van der Waals surface area (Å²) in [7, 11) is 0. The minimum Gasteiger partial charge on any atom is -0.363 e. The van der Waals surface area contributed by atoms with Crippen molar-refractivity contribution in [3.63, 3.8) is 0 Å². The molecule has 0 fully saturated rings. The third-order valence-corrected chi connectivity index (χ3v) is 6.26. The average molecular weight is 508 g/mol. The summed E-state index contributed by atoms with van der Waals surface area (Å²) in [4.78, 5) is 15.9. The monoisotopic (exact) mass is 507 g/mol. The van der Waals surface area contributed by atoms with Crippen molar-refractivity contribution in [2.45, 2.75) is 31.2 Å². The van der Waals surface area contributed by atoms with E-state index in [0.717, 1.165) is 21.3 Å². The Morgan fingerprint density at radius 3 is 2.56 bits per heavy atom. The molecule has 0 aliphatic carbocycles. The summed E-state index contributed by atoms with van der Waals surface area (Å²) in [6, 6.07) is 12.7. The number of nitrogens with zero attached hydrogens (tertiary/aromatic N) is 2. The Labute approximate surface area is 202 Å². The number of halogens is 5. The van der Waals surface area contributed by atoms with E-state index in [1.54, 1.807) is 36.4 Å². The highest BCUT2D eigenvalue weighted by Gasteiger charge is 2.46. The quantitative estimate of drug-likeness (QED) is 0.305. The largest absolute Gasteiger partial charge is 0.410 e. The van der Waals surface area contributed by atoms with Gasteiger partial charge in [0.1, 0.15) is 5.82 Å². The number of rotatable bonds is 4. The molecule has 34 heavy (non-hydrogen) atoms. The van der Waals surface area contributed by atoms with Crippen LogP contribution in [0.3, 0.4) is 0 Å². The first-order chi connectivity index (χ1) is 16.2. The Bertz CT molecular complexity index is 1360. The van der Waals surface area contributed by atoms with Gasteiger partial charge in [-0.25, -0.2) is 4.68 Å². The van der Waals surface area contributed by atoms with E-state index < -0.39 is 24.2 Å². The molecule has 176 valence electrons. The molecule has 2 aromatic carbocycles. The maximum absolute atomic E-state index is 13.9. The first kappa shape index (κ1) is 22.6. The molecule has 5 rings (SSSR count). The van der Waals surface area contributed by atoms with Gasteiger partial charge in [0, 0.05) is 39.1 Å². The summed E-state index contributed by atoms with van der Waals surface area (Å²) in [5.41, 5.74) is 2.14. The highest BCUT2D eigenvalue weighted by Crippen LogP contribution is 2.43. The van der Waals surface area contributed by atoms with Gasteiger partial charge in [-0.3, -0.25) is 4.79 Å². The smallest absolute Gasteiger partial charge is 0.363 e. The first-order valence-electron chi connectivity index (χ1n) is 10.4. The molecule has 0 spiro atoms. The number of carbonyl (C=O) groups is 1. The van der Waals surface area contributed by atoms with Gasteiger partial charge in [-0.1, -0.05) is 35.3 Å². The lowest BCUT2D eigenvalue weighted by molar-refractivity contribution is -0.173. The van der Waals surface area contributed by atoms with Crippen LogP contribution in [0.25, 0.3) is 10.9 Å². The lowest BCUT2D eigenvalue weighted by Gasteiger charge is -2.33. The number of amides is 1. The van der Waals surface area contributed by atoms with Gasteiger partial charge in [-0.15, -0.1) is 0 Å². The van der Waals surface area contributed by atoms with Crippen LogP contribution in [0.5, 0.6) is 0 Å². The van der Waals surface area contributed by atoms with E-state index in [0.29, 0.717) is 15.6 Å². The second-order valence-corrected chi connectivity index (χ2v) is 8.98. The van der Waals surface area contributed by atoms with E-state index in [9.17, 15) is 18.0 Å². The van der Waals surface area contributed by atoms with Crippen molar-refractivity contribution in [1.82, 2.24) is 20.1 Å². The van der Waals surface area contributed by atoms with E-state index in [4.69, 9.17) is 23.2 Å². The van der Waals surface area contributed by atoms with Crippen LogP contribution in [0.2, 0.25) is 10.0 Å². The zero-order chi connectivity index (χ0) is 24.0. The van der Waals surface area contributed by atoms with Crippen molar-refractivity contribution in [3.8, 4) is 0 Å². The van der Waals surface area contributed by atoms with Gasteiger partial charge < -0.3 is 15.6 Å². The Balaban J connectivity index is 1.36. The summed E-state index contributed by atoms with van der Waals surface area (Å²) in [5, 5.41) is 11.7. The Morgan fingerprint density at radius 2 is 1.82 bits per heavy atom. The van der Waals surface area contributed by atoms with E-state index in [1.165, 1.54) is 6.07 Å². The third-order valence-electron chi connectivity index (χ3n) is 5.77. The summed E-state index contributed by atoms with van der Waals surface area (Å²) in [6.07, 6.45) is -4.80. The predicted molar refractivity (Wildman–Crippen MR) is 124 cm³/mol. The summed E-state index contributed by atoms with van der Waals surface area (Å²) in [6.45, 7) is 0.150. The molecule has 1 amide bonds. The van der Waals surface area contributed by atoms with E-state index in [2.05, 4.69) is 20.7 Å². The zero-order valence-electron chi connectivity index (χ0n) is 17.5. The summed E-state index contributed by atoms with van der Waals surface area (Å²) >= 11 is 11.9. The van der Waals surface area contributed by atoms with E-state index in [1.807, 2.05) is 12.1 Å². The standard InChI is InChI=1S/C23H18Cl2F3N5O/c24-14-3-1-12(2-4-14)18-9-20(23(26,27)28)33-21(31-18)10-19(32-33)22(34)29-11-16-8-13-7-15(25)5-6-17(13)30-16/h1-8,10,18,20,30-31H,9,11H2,(H,29,34)/t18-,20-/m0/s1. The number of fused-ring (bicyclic) bond motifs is 2. The van der Waals surface area contributed by atoms with Crippen molar-refractivity contribution in [3.05, 3.63) is 81.6 Å². The molecule has 1 aliphatic rings. The molecule has 1 aliphatic heterocycles. The van der Waals surface area contributed by atoms with Crippen molar-refractivity contribution in [2.24, 2.45) is 0 Å². The highest BCUT2D eigenvalue weighted by molar-refractivity contribution is 6.31. The molecule has 0 radical (unpaired) electrons. The van der Waals surface area contributed by atoms with E-state index in [-0.39, 0.29) is 24.5 Å². The minimum absolute atomic E-state index is 0.104. The maximum atomic E-state index is 13.9. The van der Waals surface area contributed by atoms with Crippen LogP contribution in [0.15, 0.2) is 54.6 Å². The van der Waals surface area contributed by atoms with Gasteiger partial charge in [0.05, 0.1) is 12.6 Å². The summed E-state index contributed by atoms with van der Waals surface area (Å²) in [5.74, 6) is -0.455. The second kappa shape index (κ2) is 8.56. The topological polar surface area (TPSA) is 74.7 Å². The molecule has 2 atom stereocenters. The number of benzene rings is 2. The summed E-state index contributed by atoms with van der Waals surface area (Å²) < 4.78 is 42.4. The molecule has 4 aromatic rings. The molecule has 0 unspecified atom stereocenters. The molecule has 0 saturated heterocycles. The van der Waals surface area contributed by atoms with Crippen LogP contribution < -0.4 is 10.6 Å². The van der Waals surface area contributed by atoms with Crippen molar-refractivity contribution >= 4 is 45.8 Å². The lowest BCUT2D eigenvalue weighted by Crippen LogP contribution is -2.35. The Morgan fingerprint density at radius 1 is 1.09 bits per heavy atom. The molecular formula is C23H18Cl2F3N5O. The second-order valence-electron chi connectivity index (χ2n) is 8.11. The van der Waals surface area contributed by atoms with Gasteiger partial charge in [0.15, 0.2) is 11.7 Å². The molecule has 0 bridgehead atoms. The number of aromatic amines is 1. The molecular weight excluding hydrogens is 490 g/mol. The van der Waals surface area contributed by atoms with Gasteiger partial charge in [-0.2, -0.15) is 18.3 Å². The van der Waals surface area contributed by atoms with E-state index >= 15 is 0 Å². The minimum atomic E-state index is -4.53. The molecule has 2 aromatic heterocycles. The predicted octanol–water partition coefficient (Wildman–Crippen LogP) is 6.26. The normalized spacial score (nSPS) is 17.9. The van der Waals surface area contributed by atoms with Crippen LogP contribution in [-0.2, 0) is 6.54 Å². The third kappa shape index (κ3) is 4.45. The SMILES string of the molecule is O=C(NCc1cc2cc(Cl)ccc2[nH]1)c1cc2n(n1)[C@H](C(F)(F)F)C[C@@H](c1ccc(Cl)cc1)N2. The number of hydrogen-bond acceptors (Lipinski definition) is 3. The number of aromatic nitrogens is 3. The van der Waals surface area contributed by atoms with Crippen molar-refractivity contribution < 1.29 is 18.0 Å². The fraction of sp³-hybridized carbons (Fsp3) is 0.217. The van der Waals surface area contributed by atoms with Crippen molar-refractivity contribution in [1.29, 1.82) is 0 Å². The van der Waals surface area contributed by atoms with Crippen molar-refractivity contribution in [2.75, 3.05) is 5.32 Å². The zero-order valence-corrected chi connectivity index (χ0v) is 19.0. The molecule has 6 nitrogen and oxygen atoms in total. The van der Waals surface area contributed by atoms with Crippen LogP contribution in [0, 0.1) is 0 Å². The number of alkyl halides is 3. The molecule has 11 heteroatoms. The van der Waals surface area contributed by atoms with Crippen LogP contribution in [0.1, 0.15) is 40.3 Å². The van der Waals surface area contributed by atoms with Gasteiger partial charge >= 0.3 is 6.18 Å². The number of carbonyl (C=O) groups excluding carboxylic acids is 1. The number of H-pyrrole nitrogens is 1. The molecule has 0 saturated carbocycles. The fourth-order valence-electron chi connectivity index (χ4n) is 4.12. The number of nitrogens with one attached hydrogen (secondary N) is 3. The number of anilines is 1. The maximum Gasteiger partial charge on any atom is 0.410 e. The van der Waals surface area contributed by atoms with Gasteiger partial charge in [0.2, 0.25) is 0 Å². The highest BCUT2D eigenvalue weighted by atomic mass is 35.5. The first-order valence-corrected chi connectivity index (χ1v) is 11.2. The van der Waals surface area contributed by atoms with Crippen LogP contribution >= 0.6 is 23.2 Å². The average Bonchev–Trinajstić information content (AvgIpc) is 3.40. The van der Waals surface area contributed by atoms with Gasteiger partial charge in [0.25, 0.3) is 5.91 Å². The molecule has 3 N–H and O–H groups in total. The molecule has 3 heterocycles. The van der Waals surface area contributed by atoms with Gasteiger partial charge in [-0.05, 0) is 42.0 Å². The Hall–Kier alpha value is -3.17. The number of hydrogen-bond donors (Lipinski definition) is 3. The Kier molecular flexibility index (Phi) is 5.69. The van der Waals surface area contributed by atoms with Crippen LogP contribution in [0.4, 0.5) is 19.0 Å². The lowest BCUT2D eigenvalue weighted by atomic mass is 9.97.